The standard InChI is InChI=1S/C9H14N2O2S2.ClH/c10-9(4-2-5-9)7-11-15(12,13)8-3-1-6-14-8;/h1,3,6,11H,2,4-5,7,10H2;1H. The Hall–Kier alpha value is -0.140. The molecule has 7 heteroatoms. The normalized spacial score (nSPS) is 18.6. The zero-order chi connectivity index (χ0) is 10.9. The molecule has 0 saturated heterocycles. The van der Waals surface area contributed by atoms with Crippen LogP contribution in [0.1, 0.15) is 19.3 Å². The molecule has 0 spiro atoms. The van der Waals surface area contributed by atoms with Crippen molar-refractivity contribution in [2.75, 3.05) is 6.54 Å². The Morgan fingerprint density at radius 2 is 2.19 bits per heavy atom. The van der Waals surface area contributed by atoms with E-state index in [-0.39, 0.29) is 17.9 Å². The molecule has 4 nitrogen and oxygen atoms in total. The van der Waals surface area contributed by atoms with Gasteiger partial charge in [0, 0.05) is 12.1 Å². The van der Waals surface area contributed by atoms with E-state index in [2.05, 4.69) is 4.72 Å². The van der Waals surface area contributed by atoms with Crippen molar-refractivity contribution >= 4 is 33.8 Å². The first kappa shape index (κ1) is 13.9. The van der Waals surface area contributed by atoms with E-state index in [1.54, 1.807) is 17.5 Å². The fraction of sp³-hybridized carbons (Fsp3) is 0.556. The Kier molecular flexibility index (Phi) is 4.36. The Morgan fingerprint density at radius 3 is 2.62 bits per heavy atom. The first-order chi connectivity index (χ1) is 7.02. The number of hydrogen-bond donors (Lipinski definition) is 2. The quantitative estimate of drug-likeness (QED) is 0.875. The zero-order valence-corrected chi connectivity index (χ0v) is 11.1. The van der Waals surface area contributed by atoms with Gasteiger partial charge in [-0.15, -0.1) is 23.7 Å². The third-order valence-electron chi connectivity index (χ3n) is 2.72. The highest BCUT2D eigenvalue weighted by molar-refractivity contribution is 7.91. The molecule has 1 aliphatic carbocycles. The van der Waals surface area contributed by atoms with E-state index in [4.69, 9.17) is 5.73 Å². The van der Waals surface area contributed by atoms with Crippen molar-refractivity contribution in [2.45, 2.75) is 29.0 Å². The van der Waals surface area contributed by atoms with Gasteiger partial charge >= 0.3 is 0 Å². The van der Waals surface area contributed by atoms with Crippen molar-refractivity contribution in [1.82, 2.24) is 4.72 Å². The molecule has 0 atom stereocenters. The SMILES string of the molecule is Cl.NC1(CNS(=O)(=O)c2cccs2)CCC1. The van der Waals surface area contributed by atoms with E-state index in [1.165, 1.54) is 11.3 Å². The molecule has 1 aromatic rings. The van der Waals surface area contributed by atoms with Crippen molar-refractivity contribution in [3.8, 4) is 0 Å². The summed E-state index contributed by atoms with van der Waals surface area (Å²) in [6, 6.07) is 3.32. The average molecular weight is 283 g/mol. The summed E-state index contributed by atoms with van der Waals surface area (Å²) < 4.78 is 26.4. The summed E-state index contributed by atoms with van der Waals surface area (Å²) >= 11 is 1.21. The lowest BCUT2D eigenvalue weighted by atomic mass is 9.78. The maximum atomic E-state index is 11.7. The maximum Gasteiger partial charge on any atom is 0.250 e. The third-order valence-corrected chi connectivity index (χ3v) is 5.52. The minimum Gasteiger partial charge on any atom is -0.324 e. The number of sulfonamides is 1. The summed E-state index contributed by atoms with van der Waals surface area (Å²) in [5, 5.41) is 1.75. The fourth-order valence-corrected chi connectivity index (χ4v) is 3.71. The van der Waals surface area contributed by atoms with Crippen LogP contribution in [0.3, 0.4) is 0 Å². The van der Waals surface area contributed by atoms with Crippen LogP contribution >= 0.6 is 23.7 Å². The highest BCUT2D eigenvalue weighted by Crippen LogP contribution is 2.28. The molecule has 1 fully saturated rings. The van der Waals surface area contributed by atoms with Crippen LogP contribution in [-0.2, 0) is 10.0 Å². The molecule has 2 rings (SSSR count). The van der Waals surface area contributed by atoms with Gasteiger partial charge in [-0.3, -0.25) is 0 Å². The highest BCUT2D eigenvalue weighted by Gasteiger charge is 2.33. The van der Waals surface area contributed by atoms with Gasteiger partial charge in [-0.05, 0) is 30.7 Å². The monoisotopic (exact) mass is 282 g/mol. The lowest BCUT2D eigenvalue weighted by Gasteiger charge is -2.37. The molecular formula is C9H15ClN2O2S2. The topological polar surface area (TPSA) is 72.2 Å². The van der Waals surface area contributed by atoms with E-state index >= 15 is 0 Å². The fourth-order valence-electron chi connectivity index (χ4n) is 1.53. The minimum atomic E-state index is -3.34. The second-order valence-corrected chi connectivity index (χ2v) is 6.91. The molecule has 16 heavy (non-hydrogen) atoms. The molecule has 1 aromatic heterocycles. The van der Waals surface area contributed by atoms with Crippen LogP contribution in [0.4, 0.5) is 0 Å². The predicted molar refractivity (Wildman–Crippen MR) is 67.5 cm³/mol. The summed E-state index contributed by atoms with van der Waals surface area (Å²) in [7, 11) is -3.34. The van der Waals surface area contributed by atoms with Gasteiger partial charge in [-0.25, -0.2) is 13.1 Å². The van der Waals surface area contributed by atoms with Gasteiger partial charge in [0.05, 0.1) is 0 Å². The molecule has 0 bridgehead atoms. The summed E-state index contributed by atoms with van der Waals surface area (Å²) in [6.07, 6.45) is 2.90. The smallest absolute Gasteiger partial charge is 0.250 e. The Morgan fingerprint density at radius 1 is 1.50 bits per heavy atom. The molecule has 1 saturated carbocycles. The Labute approximate surface area is 106 Å². The molecule has 0 aromatic carbocycles. The number of nitrogens with two attached hydrogens (primary N) is 1. The molecule has 92 valence electrons. The molecule has 0 amide bonds. The number of nitrogens with one attached hydrogen (secondary N) is 1. The third kappa shape index (κ3) is 2.95. The van der Waals surface area contributed by atoms with Crippen LogP contribution in [0.2, 0.25) is 0 Å². The number of halogens is 1. The lowest BCUT2D eigenvalue weighted by molar-refractivity contribution is 0.251. The average Bonchev–Trinajstić information content (AvgIpc) is 2.65. The van der Waals surface area contributed by atoms with Crippen LogP contribution in [0.15, 0.2) is 21.7 Å². The van der Waals surface area contributed by atoms with Crippen LogP contribution in [0.5, 0.6) is 0 Å². The van der Waals surface area contributed by atoms with Crippen LogP contribution in [0.25, 0.3) is 0 Å². The Balaban J connectivity index is 0.00000128. The lowest BCUT2D eigenvalue weighted by Crippen LogP contribution is -2.54. The number of hydrogen-bond acceptors (Lipinski definition) is 4. The van der Waals surface area contributed by atoms with Gasteiger partial charge < -0.3 is 5.73 Å². The van der Waals surface area contributed by atoms with Crippen molar-refractivity contribution in [1.29, 1.82) is 0 Å². The first-order valence-electron chi connectivity index (χ1n) is 4.84. The minimum absolute atomic E-state index is 0. The number of rotatable bonds is 4. The van der Waals surface area contributed by atoms with Crippen LogP contribution < -0.4 is 10.5 Å². The summed E-state index contributed by atoms with van der Waals surface area (Å²) in [5.41, 5.74) is 5.62. The number of thiophene rings is 1. The van der Waals surface area contributed by atoms with Gasteiger partial charge in [0.25, 0.3) is 0 Å². The molecule has 3 N–H and O–H groups in total. The summed E-state index contributed by atoms with van der Waals surface area (Å²) in [4.78, 5) is 0. The van der Waals surface area contributed by atoms with E-state index < -0.39 is 10.0 Å². The van der Waals surface area contributed by atoms with Gasteiger partial charge in [-0.2, -0.15) is 0 Å². The highest BCUT2D eigenvalue weighted by atomic mass is 35.5. The molecule has 0 aliphatic heterocycles. The van der Waals surface area contributed by atoms with Crippen molar-refractivity contribution in [2.24, 2.45) is 5.73 Å². The molecular weight excluding hydrogens is 268 g/mol. The molecule has 0 unspecified atom stereocenters. The Bertz CT molecular complexity index is 426. The van der Waals surface area contributed by atoms with Gasteiger partial charge in [0.1, 0.15) is 4.21 Å². The van der Waals surface area contributed by atoms with Gasteiger partial charge in [-0.1, -0.05) is 6.07 Å². The van der Waals surface area contributed by atoms with E-state index in [1.807, 2.05) is 0 Å². The molecule has 0 radical (unpaired) electrons. The zero-order valence-electron chi connectivity index (χ0n) is 8.68. The van der Waals surface area contributed by atoms with Crippen LogP contribution in [-0.4, -0.2) is 20.5 Å². The summed E-state index contributed by atoms with van der Waals surface area (Å²) in [5.74, 6) is 0. The van der Waals surface area contributed by atoms with Crippen molar-refractivity contribution in [3.05, 3.63) is 17.5 Å². The first-order valence-corrected chi connectivity index (χ1v) is 7.20. The van der Waals surface area contributed by atoms with Gasteiger partial charge in [0.2, 0.25) is 10.0 Å². The van der Waals surface area contributed by atoms with Crippen LogP contribution in [0, 0.1) is 0 Å². The largest absolute Gasteiger partial charge is 0.324 e. The van der Waals surface area contributed by atoms with E-state index in [0.717, 1.165) is 19.3 Å². The van der Waals surface area contributed by atoms with E-state index in [0.29, 0.717) is 10.8 Å². The molecule has 1 heterocycles. The molecule has 1 aliphatic rings. The van der Waals surface area contributed by atoms with Crippen molar-refractivity contribution < 1.29 is 8.42 Å². The summed E-state index contributed by atoms with van der Waals surface area (Å²) in [6.45, 7) is 0.341. The second-order valence-electron chi connectivity index (χ2n) is 3.97. The maximum absolute atomic E-state index is 11.7. The predicted octanol–water partition coefficient (Wildman–Crippen LogP) is 1.33. The van der Waals surface area contributed by atoms with Gasteiger partial charge in [0.15, 0.2) is 0 Å². The second kappa shape index (κ2) is 5.01. The van der Waals surface area contributed by atoms with E-state index in [9.17, 15) is 8.42 Å². The van der Waals surface area contributed by atoms with Crippen molar-refractivity contribution in [3.63, 3.8) is 0 Å².